The summed E-state index contributed by atoms with van der Waals surface area (Å²) in [5.74, 6) is -0.701. The third-order valence-corrected chi connectivity index (χ3v) is 16.2. The van der Waals surface area contributed by atoms with Gasteiger partial charge >= 0.3 is 0 Å². The maximum Gasteiger partial charge on any atom is 0.249 e. The highest BCUT2D eigenvalue weighted by atomic mass is 16.7. The van der Waals surface area contributed by atoms with Crippen LogP contribution >= 0.6 is 0 Å². The van der Waals surface area contributed by atoms with Crippen LogP contribution in [-0.4, -0.2) is 110 Å². The van der Waals surface area contributed by atoms with E-state index < -0.39 is 74.2 Å². The van der Waals surface area contributed by atoms with E-state index in [0.29, 0.717) is 12.8 Å². The van der Waals surface area contributed by atoms with Crippen molar-refractivity contribution in [1.82, 2.24) is 5.32 Å². The number of allylic oxidation sites excluding steroid dienone is 4. The lowest BCUT2D eigenvalue weighted by Crippen LogP contribution is -2.60. The molecule has 0 aromatic carbocycles. The zero-order valence-corrected chi connectivity index (χ0v) is 50.2. The van der Waals surface area contributed by atoms with Crippen molar-refractivity contribution in [3.63, 3.8) is 0 Å². The Labute approximate surface area is 474 Å². The van der Waals surface area contributed by atoms with Crippen LogP contribution in [0.4, 0.5) is 0 Å². The number of aliphatic hydroxyl groups excluding tert-OH is 7. The molecule has 0 radical (unpaired) electrons. The minimum Gasteiger partial charge on any atom is -0.394 e. The highest BCUT2D eigenvalue weighted by Gasteiger charge is 2.44. The number of aliphatic hydroxyl groups is 7. The lowest BCUT2D eigenvalue weighted by molar-refractivity contribution is -0.303. The number of ether oxygens (including phenoxy) is 2. The Morgan fingerprint density at radius 1 is 0.442 bits per heavy atom. The van der Waals surface area contributed by atoms with Crippen LogP contribution in [0.1, 0.15) is 322 Å². The van der Waals surface area contributed by atoms with E-state index in [1.54, 1.807) is 0 Å². The Morgan fingerprint density at radius 3 is 1.12 bits per heavy atom. The van der Waals surface area contributed by atoms with Gasteiger partial charge in [-0.05, 0) is 64.2 Å². The van der Waals surface area contributed by atoms with E-state index in [-0.39, 0.29) is 12.8 Å². The number of nitrogens with one attached hydrogen (secondary N) is 1. The third-order valence-electron chi connectivity index (χ3n) is 16.2. The fraction of sp³-hybridized carbons (Fsp3) is 0.924. The number of unbranched alkanes of at least 4 members (excludes halogenated alkanes) is 42. The molecule has 9 unspecified atom stereocenters. The van der Waals surface area contributed by atoms with Crippen LogP contribution in [0.2, 0.25) is 0 Å². The Bertz CT molecular complexity index is 1300. The molecule has 1 aliphatic rings. The molecule has 11 heteroatoms. The molecular weight excluding hydrogens is 967 g/mol. The molecule has 8 N–H and O–H groups in total. The SMILES string of the molecule is CCCCCCCCCCCCCC/C=C\CCCCCCCCCCCCCCCC(O)C(=O)NC(COC1OC(CO)C(O)C(O)C1O)C(O)C(O)CCC/C=C/CCCCCCCCCCCCCCCCCC. The summed E-state index contributed by atoms with van der Waals surface area (Å²) < 4.78 is 11.2. The second kappa shape index (κ2) is 55.1. The van der Waals surface area contributed by atoms with Gasteiger partial charge in [-0.15, -0.1) is 0 Å². The molecule has 1 heterocycles. The van der Waals surface area contributed by atoms with E-state index in [0.717, 1.165) is 38.5 Å². The Hall–Kier alpha value is -1.41. The molecule has 0 saturated carbocycles. The fourth-order valence-electron chi connectivity index (χ4n) is 10.9. The van der Waals surface area contributed by atoms with Gasteiger partial charge in [0.2, 0.25) is 5.91 Å². The summed E-state index contributed by atoms with van der Waals surface area (Å²) in [6.07, 6.45) is 56.8. The van der Waals surface area contributed by atoms with Gasteiger partial charge < -0.3 is 50.5 Å². The van der Waals surface area contributed by atoms with E-state index in [1.165, 1.54) is 244 Å². The standard InChI is InChI=1S/C66H127NO10/c1-3-5-7-9-11-13-15-17-19-21-23-25-26-27-28-29-30-31-32-34-36-38-40-42-44-46-48-50-52-54-59(70)65(75)67-57(56-76-66-64(74)63(73)62(72)60(55-68)77-66)61(71)58(69)53-51-49-47-45-43-41-39-37-35-33-24-22-20-18-16-14-12-10-8-6-4-2/h27-28,45,47,57-64,66,68-74H,3-26,29-44,46,48-56H2,1-2H3,(H,67,75)/b28-27-,47-45+. The zero-order chi connectivity index (χ0) is 56.1. The first kappa shape index (κ1) is 73.6. The lowest BCUT2D eigenvalue weighted by Gasteiger charge is -2.40. The van der Waals surface area contributed by atoms with Crippen molar-refractivity contribution in [2.45, 2.75) is 377 Å². The maximum absolute atomic E-state index is 13.2. The minimum atomic E-state index is -1.67. The minimum absolute atomic E-state index is 0.256. The summed E-state index contributed by atoms with van der Waals surface area (Å²) in [4.78, 5) is 13.2. The van der Waals surface area contributed by atoms with Gasteiger partial charge in [-0.2, -0.15) is 0 Å². The molecule has 1 saturated heterocycles. The van der Waals surface area contributed by atoms with Crippen molar-refractivity contribution >= 4 is 5.91 Å². The summed E-state index contributed by atoms with van der Waals surface area (Å²) in [5.41, 5.74) is 0. The molecule has 11 nitrogen and oxygen atoms in total. The Kier molecular flexibility index (Phi) is 52.7. The fourth-order valence-corrected chi connectivity index (χ4v) is 10.9. The van der Waals surface area contributed by atoms with Crippen molar-refractivity contribution in [2.24, 2.45) is 0 Å². The first-order chi connectivity index (χ1) is 37.7. The van der Waals surface area contributed by atoms with Crippen LogP contribution in [0.3, 0.4) is 0 Å². The number of amides is 1. The molecule has 1 amide bonds. The number of hydrogen-bond acceptors (Lipinski definition) is 10. The van der Waals surface area contributed by atoms with E-state index >= 15 is 0 Å². The Morgan fingerprint density at radius 2 is 0.766 bits per heavy atom. The molecule has 1 fully saturated rings. The number of rotatable bonds is 58. The molecule has 0 aromatic heterocycles. The van der Waals surface area contributed by atoms with Crippen LogP contribution < -0.4 is 5.32 Å². The predicted octanol–water partition coefficient (Wildman–Crippen LogP) is 15.2. The van der Waals surface area contributed by atoms with Gasteiger partial charge in [0.15, 0.2) is 6.29 Å². The molecule has 0 aliphatic carbocycles. The molecule has 1 aliphatic heterocycles. The average molecular weight is 1090 g/mol. The second-order valence-electron chi connectivity index (χ2n) is 23.5. The Balaban J connectivity index is 2.23. The summed E-state index contributed by atoms with van der Waals surface area (Å²) in [6.45, 7) is 3.49. The first-order valence-electron chi connectivity index (χ1n) is 33.2. The number of hydrogen-bond donors (Lipinski definition) is 8. The van der Waals surface area contributed by atoms with Crippen molar-refractivity contribution < 1.29 is 50.0 Å². The van der Waals surface area contributed by atoms with Gasteiger partial charge in [0.1, 0.15) is 36.6 Å². The quantitative estimate of drug-likeness (QED) is 0.0215. The first-order valence-corrected chi connectivity index (χ1v) is 33.2. The van der Waals surface area contributed by atoms with Crippen molar-refractivity contribution in [1.29, 1.82) is 0 Å². The average Bonchev–Trinajstić information content (AvgIpc) is 3.43. The molecule has 1 rings (SSSR count). The predicted molar refractivity (Wildman–Crippen MR) is 321 cm³/mol. The second-order valence-corrected chi connectivity index (χ2v) is 23.5. The molecule has 9 atom stereocenters. The van der Waals surface area contributed by atoms with Crippen LogP contribution in [0.25, 0.3) is 0 Å². The van der Waals surface area contributed by atoms with Gasteiger partial charge in [-0.1, -0.05) is 282 Å². The van der Waals surface area contributed by atoms with Gasteiger partial charge in [-0.25, -0.2) is 0 Å². The monoisotopic (exact) mass is 1090 g/mol. The summed E-state index contributed by atoms with van der Waals surface area (Å²) >= 11 is 0. The van der Waals surface area contributed by atoms with E-state index in [9.17, 15) is 40.5 Å². The van der Waals surface area contributed by atoms with Gasteiger partial charge in [-0.3, -0.25) is 4.79 Å². The van der Waals surface area contributed by atoms with Crippen molar-refractivity contribution in [2.75, 3.05) is 13.2 Å². The smallest absolute Gasteiger partial charge is 0.249 e. The van der Waals surface area contributed by atoms with Crippen LogP contribution in [0, 0.1) is 0 Å². The highest BCUT2D eigenvalue weighted by molar-refractivity contribution is 5.80. The molecule has 0 bridgehead atoms. The van der Waals surface area contributed by atoms with Crippen LogP contribution in [0.15, 0.2) is 24.3 Å². The molecular formula is C66H127NO10. The van der Waals surface area contributed by atoms with E-state index in [4.69, 9.17) is 9.47 Å². The molecule has 77 heavy (non-hydrogen) atoms. The largest absolute Gasteiger partial charge is 0.394 e. The van der Waals surface area contributed by atoms with E-state index in [1.807, 2.05) is 0 Å². The van der Waals surface area contributed by atoms with Gasteiger partial charge in [0.25, 0.3) is 0 Å². The topological polar surface area (TPSA) is 189 Å². The van der Waals surface area contributed by atoms with Gasteiger partial charge in [0, 0.05) is 0 Å². The summed E-state index contributed by atoms with van der Waals surface area (Å²) in [6, 6.07) is -1.18. The van der Waals surface area contributed by atoms with Crippen LogP contribution in [-0.2, 0) is 14.3 Å². The van der Waals surface area contributed by atoms with Crippen LogP contribution in [0.5, 0.6) is 0 Å². The van der Waals surface area contributed by atoms with Crippen molar-refractivity contribution in [3.05, 3.63) is 24.3 Å². The lowest BCUT2D eigenvalue weighted by atomic mass is 9.98. The molecule has 456 valence electrons. The van der Waals surface area contributed by atoms with Crippen molar-refractivity contribution in [3.8, 4) is 0 Å². The maximum atomic E-state index is 13.2. The normalized spacial score (nSPS) is 19.6. The summed E-state index contributed by atoms with van der Waals surface area (Å²) in [7, 11) is 0. The third kappa shape index (κ3) is 43.0. The molecule has 0 spiro atoms. The highest BCUT2D eigenvalue weighted by Crippen LogP contribution is 2.24. The van der Waals surface area contributed by atoms with E-state index in [2.05, 4.69) is 43.5 Å². The molecule has 0 aromatic rings. The number of carbonyl (C=O) groups is 1. The number of carbonyl (C=O) groups excluding carboxylic acids is 1. The summed E-state index contributed by atoms with van der Waals surface area (Å²) in [5, 5.41) is 76.4. The van der Waals surface area contributed by atoms with Gasteiger partial charge in [0.05, 0.1) is 25.4 Å². The zero-order valence-electron chi connectivity index (χ0n) is 50.2.